The summed E-state index contributed by atoms with van der Waals surface area (Å²) in [5, 5.41) is 44.5. The van der Waals surface area contributed by atoms with E-state index >= 15 is 0 Å². The number of anilines is 1. The van der Waals surface area contributed by atoms with E-state index in [2.05, 4.69) is 15.3 Å². The molecule has 0 saturated carbocycles. The van der Waals surface area contributed by atoms with E-state index in [0.717, 1.165) is 13.1 Å². The monoisotopic (exact) mass is 818 g/mol. The highest BCUT2D eigenvalue weighted by Gasteiger charge is 2.49. The van der Waals surface area contributed by atoms with E-state index in [9.17, 15) is 34.5 Å². The lowest BCUT2D eigenvalue weighted by Gasteiger charge is -2.36. The van der Waals surface area contributed by atoms with Gasteiger partial charge < -0.3 is 44.5 Å². The van der Waals surface area contributed by atoms with Crippen LogP contribution >= 0.6 is 0 Å². The van der Waals surface area contributed by atoms with Crippen molar-refractivity contribution in [1.29, 1.82) is 0 Å². The molecule has 2 aromatic rings. The van der Waals surface area contributed by atoms with E-state index in [1.807, 2.05) is 40.8 Å². The number of phenols is 2. The molecule has 15 nitrogen and oxygen atoms in total. The first kappa shape index (κ1) is 44.8. The number of aliphatic hydroxyl groups excluding tert-OH is 1. The number of benzene rings is 2. The number of hydrogen-bond acceptors (Lipinski definition) is 14. The number of aliphatic hydroxyl groups is 1. The zero-order chi connectivity index (χ0) is 43.5. The minimum absolute atomic E-state index is 0.0300. The Bertz CT molecular complexity index is 2090. The largest absolute Gasteiger partial charge is 0.507 e. The SMILES string of the molecule is CO[C@H]1/C=C/O[C@@]2(C)Oc3c(C)c(C=O)c4c(O)c(c(/C=N/N5CCN(C)CC5)c(O)c4c3C2=O)NC(=O)/C(C)=C\C=C\[C@H](C)C[C@@H](C)C(O)[C@@H](C)[C@H](OC(C)=O)[C@@H]1C. The predicted octanol–water partition coefficient (Wildman–Crippen LogP) is 5.47. The van der Waals surface area contributed by atoms with Crippen molar-refractivity contribution in [2.24, 2.45) is 28.8 Å². The van der Waals surface area contributed by atoms with Gasteiger partial charge in [-0.1, -0.05) is 45.9 Å². The summed E-state index contributed by atoms with van der Waals surface area (Å²) in [5.41, 5.74) is -0.0961. The van der Waals surface area contributed by atoms with Crippen LogP contribution in [-0.2, 0) is 23.8 Å². The molecule has 4 aliphatic heterocycles. The van der Waals surface area contributed by atoms with Crippen LogP contribution < -0.4 is 10.1 Å². The molecule has 4 aliphatic rings. The van der Waals surface area contributed by atoms with Crippen LogP contribution in [0.2, 0.25) is 0 Å². The van der Waals surface area contributed by atoms with E-state index in [1.54, 1.807) is 30.2 Å². The number of likely N-dealkylation sites (N-methyl/N-ethyl adjacent to an activating group) is 1. The number of Topliss-reactive ketones (excluding diaryl/α,β-unsaturated/α-hetero) is 1. The third kappa shape index (κ3) is 9.17. The molecule has 0 aliphatic carbocycles. The van der Waals surface area contributed by atoms with Crippen LogP contribution in [0.25, 0.3) is 10.8 Å². The number of allylic oxidation sites excluding steroid dienone is 3. The molecular weight excluding hydrogens is 761 g/mol. The van der Waals surface area contributed by atoms with Crippen LogP contribution in [0.3, 0.4) is 0 Å². The summed E-state index contributed by atoms with van der Waals surface area (Å²) in [6, 6.07) is 0. The van der Waals surface area contributed by atoms with Crippen LogP contribution in [0.1, 0.15) is 86.7 Å². The molecule has 1 saturated heterocycles. The Hall–Kier alpha value is -5.25. The van der Waals surface area contributed by atoms with Crippen LogP contribution in [0, 0.1) is 30.6 Å². The first-order valence-electron chi connectivity index (χ1n) is 20.0. The summed E-state index contributed by atoms with van der Waals surface area (Å²) in [4.78, 5) is 55.6. The second-order valence-electron chi connectivity index (χ2n) is 16.3. The number of ketones is 1. The fraction of sp³-hybridized carbons (Fsp3) is 0.523. The predicted molar refractivity (Wildman–Crippen MR) is 223 cm³/mol. The van der Waals surface area contributed by atoms with Crippen molar-refractivity contribution in [3.8, 4) is 17.2 Å². The first-order chi connectivity index (χ1) is 27.8. The highest BCUT2D eigenvalue weighted by Crippen LogP contribution is 2.52. The molecule has 1 unspecified atom stereocenters. The van der Waals surface area contributed by atoms with Gasteiger partial charge in [-0.3, -0.25) is 24.2 Å². The molecule has 59 heavy (non-hydrogen) atoms. The topological polar surface area (TPSA) is 197 Å². The van der Waals surface area contributed by atoms with Gasteiger partial charge in [0.25, 0.3) is 11.7 Å². The van der Waals surface area contributed by atoms with Gasteiger partial charge in [0.05, 0.1) is 41.5 Å². The summed E-state index contributed by atoms with van der Waals surface area (Å²) in [6.07, 6.45) is 8.01. The molecule has 4 N–H and O–H groups in total. The van der Waals surface area contributed by atoms with Crippen LogP contribution in [-0.4, -0.2) is 120 Å². The van der Waals surface area contributed by atoms with Crippen molar-refractivity contribution in [2.75, 3.05) is 45.7 Å². The minimum Gasteiger partial charge on any atom is -0.507 e. The number of nitrogens with zero attached hydrogens (tertiary/aromatic N) is 3. The molecule has 320 valence electrons. The third-order valence-corrected chi connectivity index (χ3v) is 11.8. The maximum absolute atomic E-state index is 14.5. The number of hydrazone groups is 1. The Morgan fingerprint density at radius 3 is 2.32 bits per heavy atom. The van der Waals surface area contributed by atoms with Crippen molar-refractivity contribution in [2.45, 2.75) is 85.9 Å². The number of esters is 1. The minimum atomic E-state index is -2.02. The Morgan fingerprint density at radius 2 is 1.69 bits per heavy atom. The van der Waals surface area contributed by atoms with Crippen LogP contribution in [0.5, 0.6) is 17.2 Å². The van der Waals surface area contributed by atoms with Gasteiger partial charge in [0, 0.05) is 86.4 Å². The molecule has 4 heterocycles. The Balaban J connectivity index is 1.72. The molecule has 2 aromatic carbocycles. The van der Waals surface area contributed by atoms with Crippen LogP contribution in [0.4, 0.5) is 5.69 Å². The Labute approximate surface area is 345 Å². The molecule has 0 radical (unpaired) electrons. The van der Waals surface area contributed by atoms with E-state index in [1.165, 1.54) is 40.4 Å². The fourth-order valence-electron chi connectivity index (χ4n) is 8.18. The average molecular weight is 819 g/mol. The number of nitrogens with one attached hydrogen (secondary N) is 1. The maximum Gasteiger partial charge on any atom is 0.312 e. The van der Waals surface area contributed by atoms with Crippen molar-refractivity contribution >= 4 is 46.6 Å². The van der Waals surface area contributed by atoms with Gasteiger partial charge >= 0.3 is 11.8 Å². The highest BCUT2D eigenvalue weighted by molar-refractivity contribution is 6.25. The molecule has 8 atom stereocenters. The molecule has 6 rings (SSSR count). The lowest BCUT2D eigenvalue weighted by atomic mass is 9.79. The summed E-state index contributed by atoms with van der Waals surface area (Å²) in [5.74, 6) is -6.29. The zero-order valence-corrected chi connectivity index (χ0v) is 35.6. The number of fused-ring (bicyclic) bond motifs is 14. The van der Waals surface area contributed by atoms with Crippen molar-refractivity contribution in [1.82, 2.24) is 9.91 Å². The summed E-state index contributed by atoms with van der Waals surface area (Å²) < 4.78 is 23.8. The summed E-state index contributed by atoms with van der Waals surface area (Å²) in [6.45, 7) is 16.0. The number of carbonyl (C=O) groups is 4. The molecule has 1 fully saturated rings. The summed E-state index contributed by atoms with van der Waals surface area (Å²) >= 11 is 0. The van der Waals surface area contributed by atoms with E-state index < -0.39 is 65.1 Å². The fourth-order valence-corrected chi connectivity index (χ4v) is 8.18. The van der Waals surface area contributed by atoms with Gasteiger partial charge in [-0.05, 0) is 45.2 Å². The molecule has 1 amide bonds. The highest BCUT2D eigenvalue weighted by atomic mass is 16.7. The lowest BCUT2D eigenvalue weighted by Crippen LogP contribution is -2.44. The molecule has 0 aromatic heterocycles. The number of carbonyl (C=O) groups excluding carboxylic acids is 4. The first-order valence-corrected chi connectivity index (χ1v) is 20.0. The molecule has 0 spiro atoms. The van der Waals surface area contributed by atoms with Gasteiger partial charge in [0.1, 0.15) is 23.4 Å². The van der Waals surface area contributed by atoms with E-state index in [4.69, 9.17) is 18.9 Å². The third-order valence-electron chi connectivity index (χ3n) is 11.8. The lowest BCUT2D eigenvalue weighted by molar-refractivity contribution is -0.159. The standard InChI is InChI=1S/C44H58N4O11/c1-23-12-11-13-24(2)43(55)46-36-30(21-45-48-17-15-47(9)16-18-48)38(52)34-33(39(36)53)31(22-49)26(4)41-35(34)42(54)44(8,59-41)57-19-14-32(56-10)27(5)40(58-29(7)50)28(6)37(51)25(3)20-23/h11-14,19,21-23,25,27-28,32,37,40,51-53H,15-18,20H2,1-10H3,(H,46,55)/b12-11+,19-14+,24-13-,45-21+/t23-,25+,27+,28+,32-,37?,40+,44-/m0/s1. The second-order valence-corrected chi connectivity index (χ2v) is 16.3. The number of aldehydes is 1. The van der Waals surface area contributed by atoms with E-state index in [0.29, 0.717) is 25.8 Å². The van der Waals surface area contributed by atoms with Crippen molar-refractivity contribution in [3.05, 3.63) is 58.4 Å². The quantitative estimate of drug-likeness (QED) is 0.0976. The summed E-state index contributed by atoms with van der Waals surface area (Å²) in [7, 11) is 3.47. The number of hydrogen-bond donors (Lipinski definition) is 4. The number of phenolic OH excluding ortho intramolecular Hbond substituents is 2. The normalized spacial score (nSPS) is 30.7. The Morgan fingerprint density at radius 1 is 1.02 bits per heavy atom. The smallest absolute Gasteiger partial charge is 0.312 e. The van der Waals surface area contributed by atoms with Gasteiger partial charge in [-0.15, -0.1) is 0 Å². The zero-order valence-electron chi connectivity index (χ0n) is 35.6. The maximum atomic E-state index is 14.5. The number of ether oxygens (including phenoxy) is 4. The van der Waals surface area contributed by atoms with Gasteiger partial charge in [-0.2, -0.15) is 5.10 Å². The Kier molecular flexibility index (Phi) is 13.9. The van der Waals surface area contributed by atoms with Gasteiger partial charge in [0.15, 0.2) is 6.29 Å². The molecular formula is C44H58N4O11. The van der Waals surface area contributed by atoms with E-state index in [-0.39, 0.29) is 61.9 Å². The number of methoxy groups -OCH3 is 1. The van der Waals surface area contributed by atoms with Gasteiger partial charge in [-0.25, -0.2) is 0 Å². The second kappa shape index (κ2) is 18.3. The average Bonchev–Trinajstić information content (AvgIpc) is 3.46. The molecule has 5 bridgehead atoms. The number of rotatable bonds is 5. The van der Waals surface area contributed by atoms with Crippen molar-refractivity contribution in [3.63, 3.8) is 0 Å². The number of amides is 1. The van der Waals surface area contributed by atoms with Crippen molar-refractivity contribution < 1.29 is 53.4 Å². The molecule has 15 heteroatoms. The van der Waals surface area contributed by atoms with Gasteiger partial charge in [0.2, 0.25) is 0 Å². The van der Waals surface area contributed by atoms with Crippen LogP contribution in [0.15, 0.2) is 41.2 Å². The number of piperazine rings is 1. The number of aromatic hydroxyl groups is 2.